The third kappa shape index (κ3) is 3.38. The number of amides is 1. The zero-order valence-electron chi connectivity index (χ0n) is 14.7. The minimum absolute atomic E-state index is 0.169. The van der Waals surface area contributed by atoms with Crippen molar-refractivity contribution >= 4 is 11.7 Å². The highest BCUT2D eigenvalue weighted by atomic mass is 16.5. The molecule has 0 aromatic carbocycles. The minimum atomic E-state index is -0.300. The summed E-state index contributed by atoms with van der Waals surface area (Å²) < 4.78 is 5.31. The van der Waals surface area contributed by atoms with Crippen LogP contribution in [0.25, 0.3) is 0 Å². The van der Waals surface area contributed by atoms with Crippen molar-refractivity contribution < 1.29 is 9.53 Å². The maximum atomic E-state index is 12.8. The highest BCUT2D eigenvalue weighted by Crippen LogP contribution is 2.41. The second kappa shape index (κ2) is 7.47. The van der Waals surface area contributed by atoms with Crippen molar-refractivity contribution in [2.75, 3.05) is 31.7 Å². The first-order valence-electron chi connectivity index (χ1n) is 8.99. The van der Waals surface area contributed by atoms with Crippen molar-refractivity contribution in [3.05, 3.63) is 18.6 Å². The van der Waals surface area contributed by atoms with Gasteiger partial charge in [-0.1, -0.05) is 19.8 Å². The number of carbonyl (C=O) groups is 1. The molecule has 1 aliphatic heterocycles. The molecule has 2 unspecified atom stereocenters. The molecule has 0 radical (unpaired) electrons. The van der Waals surface area contributed by atoms with Gasteiger partial charge in [-0.25, -0.2) is 4.98 Å². The first-order valence-corrected chi connectivity index (χ1v) is 8.99. The van der Waals surface area contributed by atoms with Gasteiger partial charge in [0.05, 0.1) is 24.3 Å². The number of rotatable bonds is 7. The highest BCUT2D eigenvalue weighted by molar-refractivity contribution is 5.84. The van der Waals surface area contributed by atoms with E-state index in [4.69, 9.17) is 4.74 Å². The molecular formula is C18H28N4O2. The molecule has 2 atom stereocenters. The van der Waals surface area contributed by atoms with E-state index in [0.29, 0.717) is 12.5 Å². The third-order valence-corrected chi connectivity index (χ3v) is 5.50. The number of anilines is 1. The summed E-state index contributed by atoms with van der Waals surface area (Å²) in [5.74, 6) is 1.52. The summed E-state index contributed by atoms with van der Waals surface area (Å²) in [5, 5.41) is 3.33. The molecule has 1 aliphatic carbocycles. The number of nitrogens with zero attached hydrogens (tertiary/aromatic N) is 3. The first-order chi connectivity index (χ1) is 11.7. The SMILES string of the molecule is CCCC1CN(c2cnccn2)CC1NC(=O)C1(COC)CCC1. The van der Waals surface area contributed by atoms with Crippen LogP contribution in [0.5, 0.6) is 0 Å². The summed E-state index contributed by atoms with van der Waals surface area (Å²) >= 11 is 0. The van der Waals surface area contributed by atoms with Crippen LogP contribution in [-0.2, 0) is 9.53 Å². The lowest BCUT2D eigenvalue weighted by molar-refractivity contribution is -0.141. The molecule has 132 valence electrons. The van der Waals surface area contributed by atoms with Gasteiger partial charge in [-0.2, -0.15) is 0 Å². The molecule has 3 rings (SSSR count). The normalized spacial score (nSPS) is 25.3. The van der Waals surface area contributed by atoms with E-state index in [1.54, 1.807) is 25.7 Å². The third-order valence-electron chi connectivity index (χ3n) is 5.50. The second-order valence-electron chi connectivity index (χ2n) is 7.16. The summed E-state index contributed by atoms with van der Waals surface area (Å²) in [7, 11) is 1.68. The van der Waals surface area contributed by atoms with Crippen LogP contribution in [0.1, 0.15) is 39.0 Å². The van der Waals surface area contributed by atoms with Gasteiger partial charge < -0.3 is 15.0 Å². The lowest BCUT2D eigenvalue weighted by Gasteiger charge is -2.40. The Morgan fingerprint density at radius 1 is 1.42 bits per heavy atom. The van der Waals surface area contributed by atoms with E-state index >= 15 is 0 Å². The zero-order valence-corrected chi connectivity index (χ0v) is 14.7. The molecule has 1 amide bonds. The topological polar surface area (TPSA) is 67.4 Å². The average Bonchev–Trinajstić information content (AvgIpc) is 2.95. The molecule has 6 heteroatoms. The first kappa shape index (κ1) is 17.1. The summed E-state index contributed by atoms with van der Waals surface area (Å²) in [5.41, 5.74) is -0.300. The fraction of sp³-hybridized carbons (Fsp3) is 0.722. The van der Waals surface area contributed by atoms with Crippen LogP contribution >= 0.6 is 0 Å². The van der Waals surface area contributed by atoms with Crippen molar-refractivity contribution in [1.82, 2.24) is 15.3 Å². The largest absolute Gasteiger partial charge is 0.384 e. The smallest absolute Gasteiger partial charge is 0.228 e. The van der Waals surface area contributed by atoms with E-state index in [1.165, 1.54) is 0 Å². The minimum Gasteiger partial charge on any atom is -0.384 e. The lowest BCUT2D eigenvalue weighted by atomic mass is 9.68. The second-order valence-corrected chi connectivity index (χ2v) is 7.16. The van der Waals surface area contributed by atoms with Gasteiger partial charge >= 0.3 is 0 Å². The standard InChI is InChI=1S/C18H28N4O2/c1-3-5-14-11-22(16-10-19-8-9-20-16)12-15(14)21-17(23)18(13-24-2)6-4-7-18/h8-10,14-15H,3-7,11-13H2,1-2H3,(H,21,23). The fourth-order valence-corrected chi connectivity index (χ4v) is 3.98. The Bertz CT molecular complexity index is 547. The molecule has 24 heavy (non-hydrogen) atoms. The van der Waals surface area contributed by atoms with Crippen LogP contribution < -0.4 is 10.2 Å². The van der Waals surface area contributed by atoms with Gasteiger partial charge in [0.2, 0.25) is 5.91 Å². The Morgan fingerprint density at radius 2 is 2.25 bits per heavy atom. The van der Waals surface area contributed by atoms with Crippen molar-refractivity contribution in [2.24, 2.45) is 11.3 Å². The predicted octanol–water partition coefficient (Wildman–Crippen LogP) is 2.01. The van der Waals surface area contributed by atoms with Crippen LogP contribution in [-0.4, -0.2) is 48.7 Å². The summed E-state index contributed by atoms with van der Waals surface area (Å²) in [6, 6.07) is 0.175. The number of hydrogen-bond donors (Lipinski definition) is 1. The van der Waals surface area contributed by atoms with Gasteiger partial charge in [0, 0.05) is 32.6 Å². The Hall–Kier alpha value is -1.69. The summed E-state index contributed by atoms with van der Waals surface area (Å²) in [6.45, 7) is 4.45. The molecule has 1 N–H and O–H groups in total. The van der Waals surface area contributed by atoms with Gasteiger partial charge in [-0.15, -0.1) is 0 Å². The molecule has 6 nitrogen and oxygen atoms in total. The van der Waals surface area contributed by atoms with Crippen molar-refractivity contribution in [1.29, 1.82) is 0 Å². The summed E-state index contributed by atoms with van der Waals surface area (Å²) in [6.07, 6.45) is 10.4. The average molecular weight is 332 g/mol. The highest BCUT2D eigenvalue weighted by Gasteiger charge is 2.46. The molecule has 2 aliphatic rings. The predicted molar refractivity (Wildman–Crippen MR) is 92.7 cm³/mol. The summed E-state index contributed by atoms with van der Waals surface area (Å²) in [4.78, 5) is 23.7. The van der Waals surface area contributed by atoms with Gasteiger partial charge in [0.1, 0.15) is 5.82 Å². The van der Waals surface area contributed by atoms with E-state index in [1.807, 2.05) is 0 Å². The Morgan fingerprint density at radius 3 is 2.83 bits per heavy atom. The Labute approximate surface area is 144 Å². The molecule has 2 fully saturated rings. The van der Waals surface area contributed by atoms with Crippen LogP contribution in [0.3, 0.4) is 0 Å². The van der Waals surface area contributed by atoms with Crippen molar-refractivity contribution in [3.63, 3.8) is 0 Å². The molecule has 0 spiro atoms. The van der Waals surface area contributed by atoms with E-state index < -0.39 is 0 Å². The van der Waals surface area contributed by atoms with E-state index in [0.717, 1.165) is 51.0 Å². The van der Waals surface area contributed by atoms with Crippen LogP contribution in [0.15, 0.2) is 18.6 Å². The quantitative estimate of drug-likeness (QED) is 0.827. The van der Waals surface area contributed by atoms with Crippen LogP contribution in [0, 0.1) is 11.3 Å². The number of aromatic nitrogens is 2. The van der Waals surface area contributed by atoms with Crippen molar-refractivity contribution in [3.8, 4) is 0 Å². The molecule has 1 aromatic rings. The van der Waals surface area contributed by atoms with Crippen molar-refractivity contribution in [2.45, 2.75) is 45.1 Å². The molecule has 1 aromatic heterocycles. The van der Waals surface area contributed by atoms with E-state index in [9.17, 15) is 4.79 Å². The lowest BCUT2D eigenvalue weighted by Crippen LogP contribution is -2.53. The van der Waals surface area contributed by atoms with Gasteiger partial charge in [-0.3, -0.25) is 9.78 Å². The molecule has 1 saturated heterocycles. The number of methoxy groups -OCH3 is 1. The van der Waals surface area contributed by atoms with Gasteiger partial charge in [0.25, 0.3) is 0 Å². The maximum Gasteiger partial charge on any atom is 0.228 e. The Kier molecular flexibility index (Phi) is 5.33. The fourth-order valence-electron chi connectivity index (χ4n) is 3.98. The van der Waals surface area contributed by atoms with E-state index in [2.05, 4.69) is 27.1 Å². The number of nitrogens with one attached hydrogen (secondary N) is 1. The monoisotopic (exact) mass is 332 g/mol. The number of hydrogen-bond acceptors (Lipinski definition) is 5. The van der Waals surface area contributed by atoms with Gasteiger partial charge in [0.15, 0.2) is 0 Å². The van der Waals surface area contributed by atoms with Gasteiger partial charge in [-0.05, 0) is 25.2 Å². The molecule has 1 saturated carbocycles. The van der Waals surface area contributed by atoms with Crippen LogP contribution in [0.2, 0.25) is 0 Å². The van der Waals surface area contributed by atoms with Crippen LogP contribution in [0.4, 0.5) is 5.82 Å². The molecular weight excluding hydrogens is 304 g/mol. The zero-order chi connectivity index (χ0) is 17.0. The maximum absolute atomic E-state index is 12.8. The number of carbonyl (C=O) groups excluding carboxylic acids is 1. The molecule has 0 bridgehead atoms. The molecule has 2 heterocycles. The number of ether oxygens (including phenoxy) is 1. The van der Waals surface area contributed by atoms with E-state index in [-0.39, 0.29) is 17.4 Å². The Balaban J connectivity index is 1.67.